The molecule has 6 atom stereocenters. The number of rotatable bonds is 17. The fraction of sp³-hybridized carbons (Fsp3) is 0.513. The van der Waals surface area contributed by atoms with Gasteiger partial charge in [0.1, 0.15) is 30.4 Å². The Labute approximate surface area is 314 Å². The molecule has 0 unspecified atom stereocenters. The van der Waals surface area contributed by atoms with Crippen molar-refractivity contribution in [2.45, 2.75) is 69.6 Å². The number of benzene rings is 2. The van der Waals surface area contributed by atoms with Crippen molar-refractivity contribution in [1.82, 2.24) is 10.2 Å². The van der Waals surface area contributed by atoms with Crippen molar-refractivity contribution in [2.24, 2.45) is 22.9 Å². The van der Waals surface area contributed by atoms with Crippen molar-refractivity contribution in [3.8, 4) is 17.2 Å². The van der Waals surface area contributed by atoms with Gasteiger partial charge in [0.05, 0.1) is 23.2 Å². The lowest BCUT2D eigenvalue weighted by Gasteiger charge is -2.59. The number of amides is 2. The van der Waals surface area contributed by atoms with E-state index >= 15 is 0 Å². The average Bonchev–Trinajstić information content (AvgIpc) is 3.16. The van der Waals surface area contributed by atoms with Crippen LogP contribution in [-0.2, 0) is 9.57 Å². The third-order valence-corrected chi connectivity index (χ3v) is 10.4. The van der Waals surface area contributed by atoms with Gasteiger partial charge in [-0.1, -0.05) is 30.1 Å². The van der Waals surface area contributed by atoms with Crippen LogP contribution in [0.25, 0.3) is 0 Å². The highest BCUT2D eigenvalue weighted by molar-refractivity contribution is 6.03. The molecule has 0 bridgehead atoms. The van der Waals surface area contributed by atoms with Crippen molar-refractivity contribution in [2.75, 3.05) is 40.5 Å². The Morgan fingerprint density at radius 3 is 2.44 bits per heavy atom. The highest BCUT2D eigenvalue weighted by atomic mass is 16.7. The first-order valence-electron chi connectivity index (χ1n) is 18.4. The molecule has 0 aromatic heterocycles. The second-order valence-corrected chi connectivity index (χ2v) is 13.6. The summed E-state index contributed by atoms with van der Waals surface area (Å²) in [5.74, 6) is -1.49. The number of oxime groups is 1. The molecular formula is C39H50N4O11. The lowest BCUT2D eigenvalue weighted by Crippen LogP contribution is -2.69. The molecule has 2 aliphatic carbocycles. The number of nitrogens with one attached hydrogen (secondary N) is 1. The highest BCUT2D eigenvalue weighted by Crippen LogP contribution is 2.61. The van der Waals surface area contributed by atoms with Gasteiger partial charge in [-0.3, -0.25) is 10.1 Å². The van der Waals surface area contributed by atoms with E-state index in [2.05, 4.69) is 23.1 Å². The summed E-state index contributed by atoms with van der Waals surface area (Å²) >= 11 is 0. The molecule has 0 radical (unpaired) electrons. The summed E-state index contributed by atoms with van der Waals surface area (Å²) < 4.78 is 25.2. The topological polar surface area (TPSA) is 192 Å². The summed E-state index contributed by atoms with van der Waals surface area (Å²) in [7, 11) is 3.03. The smallest absolute Gasteiger partial charge is 0.415 e. The van der Waals surface area contributed by atoms with Crippen LogP contribution in [0.4, 0.5) is 15.3 Å². The summed E-state index contributed by atoms with van der Waals surface area (Å²) in [5, 5.41) is 37.8. The van der Waals surface area contributed by atoms with Gasteiger partial charge in [-0.15, -0.1) is 6.58 Å². The van der Waals surface area contributed by atoms with Crippen molar-refractivity contribution in [3.05, 3.63) is 82.4 Å². The highest BCUT2D eigenvalue weighted by Gasteiger charge is 2.65. The Bertz CT molecular complexity index is 1710. The molecule has 5 rings (SSSR count). The zero-order valence-electron chi connectivity index (χ0n) is 31.0. The van der Waals surface area contributed by atoms with Crippen molar-refractivity contribution in [1.29, 1.82) is 0 Å². The molecule has 15 nitrogen and oxygen atoms in total. The summed E-state index contributed by atoms with van der Waals surface area (Å²) in [4.78, 5) is 44.0. The van der Waals surface area contributed by atoms with Crippen LogP contribution >= 0.6 is 0 Å². The summed E-state index contributed by atoms with van der Waals surface area (Å²) in [6.07, 6.45) is 6.87. The predicted octanol–water partition coefficient (Wildman–Crippen LogP) is 6.10. The maximum absolute atomic E-state index is 14.0. The summed E-state index contributed by atoms with van der Waals surface area (Å²) in [6.45, 7) is 6.27. The Kier molecular flexibility index (Phi) is 13.7. The fourth-order valence-corrected chi connectivity index (χ4v) is 8.12. The number of ether oxygens (including phenoxy) is 4. The number of fused-ring (bicyclic) bond motifs is 2. The quantitative estimate of drug-likeness (QED) is 0.0733. The molecule has 1 saturated carbocycles. The van der Waals surface area contributed by atoms with Gasteiger partial charge in [-0.25, -0.2) is 9.59 Å². The Morgan fingerprint density at radius 2 is 1.80 bits per heavy atom. The number of allylic oxidation sites excluding steroid dienone is 1. The number of carbonyl (C=O) groups is 2. The third-order valence-electron chi connectivity index (χ3n) is 10.4. The van der Waals surface area contributed by atoms with E-state index in [0.717, 1.165) is 36.8 Å². The van der Waals surface area contributed by atoms with Gasteiger partial charge < -0.3 is 44.2 Å². The van der Waals surface area contributed by atoms with E-state index in [9.17, 15) is 29.9 Å². The number of likely N-dealkylation sites (N-methyl/N-ethyl adjacent to an activating group) is 1. The monoisotopic (exact) mass is 750 g/mol. The van der Waals surface area contributed by atoms with Crippen molar-refractivity contribution < 1.29 is 48.5 Å². The van der Waals surface area contributed by atoms with Crippen LogP contribution in [0.3, 0.4) is 0 Å². The Morgan fingerprint density at radius 1 is 1.09 bits per heavy atom. The van der Waals surface area contributed by atoms with Gasteiger partial charge in [0.2, 0.25) is 5.79 Å². The van der Waals surface area contributed by atoms with E-state index in [1.165, 1.54) is 36.3 Å². The van der Waals surface area contributed by atoms with Gasteiger partial charge in [0, 0.05) is 56.8 Å². The van der Waals surface area contributed by atoms with Crippen LogP contribution in [0.15, 0.2) is 71.9 Å². The number of nitro groups is 1. The molecule has 3 aliphatic rings. The SMILES string of the molecule is C=CCO[C@@]12Oc3ccc(OC(=O)NCC)cc3[C@H]3[C@H](CCCCO)[C@@H](CCCCO)C=C(C(=NOC)C[C@@H]1N(C)C(=O)Oc1ccc([N+](=O)[O-])cc1)[C@H]32. The fourth-order valence-electron chi connectivity index (χ4n) is 8.12. The average molecular weight is 751 g/mol. The number of hydrogen-bond acceptors (Lipinski definition) is 12. The number of carbonyl (C=O) groups excluding carboxylic acids is 2. The van der Waals surface area contributed by atoms with Crippen molar-refractivity contribution >= 4 is 23.6 Å². The van der Waals surface area contributed by atoms with Gasteiger partial charge in [0.25, 0.3) is 5.69 Å². The maximum Gasteiger partial charge on any atom is 0.415 e. The van der Waals surface area contributed by atoms with Crippen LogP contribution in [0.1, 0.15) is 63.4 Å². The number of nitrogens with zero attached hydrogens (tertiary/aromatic N) is 3. The largest absolute Gasteiger partial charge is 0.459 e. The molecule has 3 N–H and O–H groups in total. The predicted molar refractivity (Wildman–Crippen MR) is 199 cm³/mol. The standard InChI is InChI=1S/C39H50N4O11/c1-5-21-51-39-34(42(3)38(47)53-27-15-13-26(14-16-27)43(48)49)24-32(41-50-4)30-22-25(11-7-9-19-44)29(12-8-10-20-45)35(36(30)39)31-23-28(17-18-33(31)54-39)52-37(46)40-6-2/h5,13-18,22-23,25,29,34-36,44-45H,1,6-12,19-21,24H2,2-4H3,(H,40,46)/t25-,29+,34-,35+,36+,39+/m0/s1. The zero-order valence-corrected chi connectivity index (χ0v) is 31.0. The minimum atomic E-state index is -1.51. The van der Waals surface area contributed by atoms with Crippen LogP contribution in [-0.4, -0.2) is 90.3 Å². The Balaban J connectivity index is 1.69. The van der Waals surface area contributed by atoms with E-state index < -0.39 is 34.9 Å². The van der Waals surface area contributed by atoms with Crippen LogP contribution in [0.5, 0.6) is 17.2 Å². The zero-order chi connectivity index (χ0) is 38.8. The second-order valence-electron chi connectivity index (χ2n) is 13.6. The molecule has 1 fully saturated rings. The molecule has 0 saturated heterocycles. The van der Waals surface area contributed by atoms with Gasteiger partial charge in [-0.2, -0.15) is 0 Å². The van der Waals surface area contributed by atoms with Crippen LogP contribution < -0.4 is 19.5 Å². The molecule has 2 aromatic carbocycles. The van der Waals surface area contributed by atoms with Crippen LogP contribution in [0.2, 0.25) is 0 Å². The van der Waals surface area contributed by atoms with Crippen LogP contribution in [0, 0.1) is 27.9 Å². The first-order chi connectivity index (χ1) is 26.1. The molecule has 1 heterocycles. The van der Waals surface area contributed by atoms with Crippen molar-refractivity contribution in [3.63, 3.8) is 0 Å². The van der Waals surface area contributed by atoms with Gasteiger partial charge in [-0.05, 0) is 80.3 Å². The molecule has 292 valence electrons. The lowest BCUT2D eigenvalue weighted by atomic mass is 9.55. The molecule has 15 heteroatoms. The minimum absolute atomic E-state index is 0.0194. The van der Waals surface area contributed by atoms with E-state index in [1.807, 2.05) is 6.07 Å². The number of unbranched alkanes of at least 4 members (excludes halogenated alkanes) is 2. The maximum atomic E-state index is 14.0. The summed E-state index contributed by atoms with van der Waals surface area (Å²) in [6, 6.07) is 9.59. The third kappa shape index (κ3) is 8.53. The number of hydrogen-bond donors (Lipinski definition) is 3. The van der Waals surface area contributed by atoms with Gasteiger partial charge in [0.15, 0.2) is 0 Å². The number of aliphatic hydroxyl groups excluding tert-OH is 2. The summed E-state index contributed by atoms with van der Waals surface area (Å²) in [5.41, 5.74) is 2.08. The minimum Gasteiger partial charge on any atom is -0.459 e. The van der Waals surface area contributed by atoms with E-state index in [1.54, 1.807) is 32.2 Å². The van der Waals surface area contributed by atoms with E-state index in [0.29, 0.717) is 36.6 Å². The molecule has 0 spiro atoms. The number of aliphatic hydroxyl groups is 2. The molecule has 54 heavy (non-hydrogen) atoms. The molecule has 1 aliphatic heterocycles. The second kappa shape index (κ2) is 18.4. The normalized spacial score (nSPS) is 24.6. The Hall–Kier alpha value is -4.99. The number of non-ortho nitro benzene ring substituents is 1. The van der Waals surface area contributed by atoms with E-state index in [-0.39, 0.29) is 55.4 Å². The molecule has 2 amide bonds. The molecule has 2 aromatic rings. The first-order valence-corrected chi connectivity index (χ1v) is 18.4. The van der Waals surface area contributed by atoms with E-state index in [4.69, 9.17) is 23.8 Å². The number of nitro benzene ring substituents is 1. The molecular weight excluding hydrogens is 700 g/mol. The van der Waals surface area contributed by atoms with Gasteiger partial charge >= 0.3 is 12.2 Å². The lowest BCUT2D eigenvalue weighted by molar-refractivity contribution is -0.384. The first kappa shape index (κ1) is 40.2.